The zero-order valence-corrected chi connectivity index (χ0v) is 12.5. The lowest BCUT2D eigenvalue weighted by Gasteiger charge is -2.23. The van der Waals surface area contributed by atoms with Crippen LogP contribution < -0.4 is 5.32 Å². The van der Waals surface area contributed by atoms with Gasteiger partial charge >= 0.3 is 12.0 Å². The first-order valence-corrected chi connectivity index (χ1v) is 6.92. The fourth-order valence-electron chi connectivity index (χ4n) is 2.40. The average Bonchev–Trinajstić information content (AvgIpc) is 2.86. The number of benzene rings is 1. The number of aliphatic hydroxyl groups excluding tert-OH is 1. The number of carboxylic acids is 1. The number of carboxylic acid groups (broad SMARTS) is 1. The van der Waals surface area contributed by atoms with E-state index >= 15 is 0 Å². The van der Waals surface area contributed by atoms with Gasteiger partial charge in [0.15, 0.2) is 6.04 Å². The van der Waals surface area contributed by atoms with Gasteiger partial charge in [-0.1, -0.05) is 11.6 Å². The Hall–Kier alpha value is -2.30. The Kier molecular flexibility index (Phi) is 4.54. The van der Waals surface area contributed by atoms with Crippen LogP contribution in [-0.2, 0) is 4.79 Å². The van der Waals surface area contributed by atoms with Crippen LogP contribution in [0.15, 0.2) is 12.1 Å². The Morgan fingerprint density at radius 3 is 2.77 bits per heavy atom. The molecule has 0 bridgehead atoms. The van der Waals surface area contributed by atoms with Crippen molar-refractivity contribution in [1.29, 1.82) is 5.26 Å². The lowest BCUT2D eigenvalue weighted by molar-refractivity contribution is -0.143. The predicted molar refractivity (Wildman–Crippen MR) is 78.7 cm³/mol. The number of urea groups is 1. The largest absolute Gasteiger partial charge is 0.480 e. The van der Waals surface area contributed by atoms with Crippen LogP contribution in [-0.4, -0.2) is 45.8 Å². The molecule has 116 valence electrons. The van der Waals surface area contributed by atoms with Crippen molar-refractivity contribution in [3.05, 3.63) is 28.3 Å². The van der Waals surface area contributed by atoms with Crippen molar-refractivity contribution in [3.63, 3.8) is 0 Å². The standard InChI is InChI=1S/C14H14ClN3O4/c1-7-9(3-2-8(6-16)11(7)15)17-14(22)18-5-4-10(19)12(18)13(20)21/h2-3,10,12,19H,4-5H2,1H3,(H,17,22)(H,20,21). The lowest BCUT2D eigenvalue weighted by atomic mass is 10.1. The van der Waals surface area contributed by atoms with Crippen molar-refractivity contribution in [2.75, 3.05) is 11.9 Å². The number of aliphatic hydroxyl groups is 1. The first kappa shape index (κ1) is 16.1. The van der Waals surface area contributed by atoms with E-state index in [-0.39, 0.29) is 23.6 Å². The van der Waals surface area contributed by atoms with Gasteiger partial charge in [0.05, 0.1) is 16.7 Å². The molecule has 0 radical (unpaired) electrons. The van der Waals surface area contributed by atoms with Crippen molar-refractivity contribution in [2.45, 2.75) is 25.5 Å². The van der Waals surface area contributed by atoms with E-state index in [0.29, 0.717) is 11.3 Å². The number of rotatable bonds is 2. The number of halogens is 1. The second-order valence-corrected chi connectivity index (χ2v) is 5.35. The summed E-state index contributed by atoms with van der Waals surface area (Å²) in [5.74, 6) is -1.25. The highest BCUT2D eigenvalue weighted by molar-refractivity contribution is 6.33. The molecule has 0 aliphatic carbocycles. The van der Waals surface area contributed by atoms with Gasteiger partial charge in [-0.05, 0) is 31.0 Å². The van der Waals surface area contributed by atoms with Crippen LogP contribution in [0.4, 0.5) is 10.5 Å². The molecule has 7 nitrogen and oxygen atoms in total. The number of nitriles is 1. The van der Waals surface area contributed by atoms with Crippen molar-refractivity contribution in [3.8, 4) is 6.07 Å². The van der Waals surface area contributed by atoms with E-state index in [1.165, 1.54) is 12.1 Å². The first-order valence-electron chi connectivity index (χ1n) is 6.54. The minimum atomic E-state index is -1.27. The number of anilines is 1. The molecule has 1 saturated heterocycles. The predicted octanol–water partition coefficient (Wildman–Crippen LogP) is 1.57. The molecular weight excluding hydrogens is 310 g/mol. The smallest absolute Gasteiger partial charge is 0.329 e. The maximum atomic E-state index is 12.2. The van der Waals surface area contributed by atoms with Gasteiger partial charge in [0, 0.05) is 12.2 Å². The van der Waals surface area contributed by atoms with Gasteiger partial charge in [0.1, 0.15) is 6.07 Å². The zero-order valence-electron chi connectivity index (χ0n) is 11.7. The number of carbonyl (C=O) groups excluding carboxylic acids is 1. The summed E-state index contributed by atoms with van der Waals surface area (Å²) in [7, 11) is 0. The second kappa shape index (κ2) is 6.22. The quantitative estimate of drug-likeness (QED) is 0.764. The SMILES string of the molecule is Cc1c(NC(=O)N2CCC(O)C2C(=O)O)ccc(C#N)c1Cl. The van der Waals surface area contributed by atoms with Crippen LogP contribution in [0.1, 0.15) is 17.5 Å². The second-order valence-electron chi connectivity index (χ2n) is 4.97. The summed E-state index contributed by atoms with van der Waals surface area (Å²) >= 11 is 6.02. The molecule has 8 heteroatoms. The maximum Gasteiger partial charge on any atom is 0.329 e. The molecule has 0 saturated carbocycles. The maximum absolute atomic E-state index is 12.2. The van der Waals surface area contributed by atoms with Crippen molar-refractivity contribution < 1.29 is 19.8 Å². The van der Waals surface area contributed by atoms with Crippen molar-refractivity contribution in [1.82, 2.24) is 4.90 Å². The summed E-state index contributed by atoms with van der Waals surface area (Å²) in [5.41, 5.74) is 1.19. The van der Waals surface area contributed by atoms with Crippen molar-refractivity contribution >= 4 is 29.3 Å². The van der Waals surface area contributed by atoms with Crippen LogP contribution in [0, 0.1) is 18.3 Å². The van der Waals surface area contributed by atoms with E-state index in [9.17, 15) is 14.7 Å². The highest BCUT2D eigenvalue weighted by atomic mass is 35.5. The molecule has 1 heterocycles. The molecule has 0 aromatic heterocycles. The van der Waals surface area contributed by atoms with Gasteiger partial charge in [-0.2, -0.15) is 5.26 Å². The van der Waals surface area contributed by atoms with Gasteiger partial charge in [0.25, 0.3) is 0 Å². The first-order chi connectivity index (χ1) is 10.4. The molecule has 2 rings (SSSR count). The van der Waals surface area contributed by atoms with E-state index in [2.05, 4.69) is 5.32 Å². The van der Waals surface area contributed by atoms with Gasteiger partial charge in [0.2, 0.25) is 0 Å². The van der Waals surface area contributed by atoms with Crippen LogP contribution in [0.25, 0.3) is 0 Å². The minimum Gasteiger partial charge on any atom is -0.480 e. The van der Waals surface area contributed by atoms with Crippen LogP contribution in [0.5, 0.6) is 0 Å². The minimum absolute atomic E-state index is 0.146. The van der Waals surface area contributed by atoms with Crippen LogP contribution in [0.3, 0.4) is 0 Å². The van der Waals surface area contributed by atoms with Gasteiger partial charge < -0.3 is 20.4 Å². The molecule has 2 amide bonds. The third-order valence-corrected chi connectivity index (χ3v) is 4.12. The zero-order chi connectivity index (χ0) is 16.4. The number of aliphatic carboxylic acids is 1. The molecule has 1 aromatic rings. The molecule has 0 spiro atoms. The fourth-order valence-corrected chi connectivity index (χ4v) is 2.60. The van der Waals surface area contributed by atoms with Crippen LogP contribution >= 0.6 is 11.6 Å². The summed E-state index contributed by atoms with van der Waals surface area (Å²) in [6.45, 7) is 1.79. The molecule has 2 atom stereocenters. The molecule has 1 fully saturated rings. The Bertz CT molecular complexity index is 671. The molecule has 1 aliphatic rings. The van der Waals surface area contributed by atoms with E-state index in [0.717, 1.165) is 4.90 Å². The van der Waals surface area contributed by atoms with E-state index < -0.39 is 24.1 Å². The molecule has 3 N–H and O–H groups in total. The molecule has 22 heavy (non-hydrogen) atoms. The summed E-state index contributed by atoms with van der Waals surface area (Å²) in [6, 6.07) is 3.03. The molecule has 1 aromatic carbocycles. The summed E-state index contributed by atoms with van der Waals surface area (Å²) < 4.78 is 0. The van der Waals surface area contributed by atoms with Crippen molar-refractivity contribution in [2.24, 2.45) is 0 Å². The van der Waals surface area contributed by atoms with Gasteiger partial charge in [-0.15, -0.1) is 0 Å². The number of nitrogens with one attached hydrogen (secondary N) is 1. The third kappa shape index (κ3) is 2.84. The fraction of sp³-hybridized carbons (Fsp3) is 0.357. The molecule has 1 aliphatic heterocycles. The monoisotopic (exact) mass is 323 g/mol. The number of hydrogen-bond acceptors (Lipinski definition) is 4. The van der Waals surface area contributed by atoms with E-state index in [1.807, 2.05) is 6.07 Å². The van der Waals surface area contributed by atoms with E-state index in [1.54, 1.807) is 6.92 Å². The average molecular weight is 324 g/mol. The Morgan fingerprint density at radius 1 is 1.50 bits per heavy atom. The normalized spacial score (nSPS) is 20.5. The van der Waals surface area contributed by atoms with Gasteiger partial charge in [-0.25, -0.2) is 9.59 Å². The Morgan fingerprint density at radius 2 is 2.18 bits per heavy atom. The topological polar surface area (TPSA) is 114 Å². The number of hydrogen-bond donors (Lipinski definition) is 3. The number of likely N-dealkylation sites (tertiary alicyclic amines) is 1. The highest BCUT2D eigenvalue weighted by Gasteiger charge is 2.41. The molecular formula is C14H14ClN3O4. The highest BCUT2D eigenvalue weighted by Crippen LogP contribution is 2.28. The number of carbonyl (C=O) groups is 2. The third-order valence-electron chi connectivity index (χ3n) is 3.63. The lowest BCUT2D eigenvalue weighted by Crippen LogP contribution is -2.46. The number of nitrogens with zero attached hydrogens (tertiary/aromatic N) is 2. The van der Waals surface area contributed by atoms with E-state index in [4.69, 9.17) is 22.0 Å². The Balaban J connectivity index is 2.21. The Labute approximate surface area is 131 Å². The van der Waals surface area contributed by atoms with Gasteiger partial charge in [-0.3, -0.25) is 0 Å². The van der Waals surface area contributed by atoms with Crippen LogP contribution in [0.2, 0.25) is 5.02 Å². The number of amides is 2. The summed E-state index contributed by atoms with van der Waals surface area (Å²) in [4.78, 5) is 24.4. The molecule has 2 unspecified atom stereocenters. The summed E-state index contributed by atoms with van der Waals surface area (Å²) in [6.07, 6.45) is -0.883. The summed E-state index contributed by atoms with van der Waals surface area (Å²) in [5, 5.41) is 30.4.